The minimum Gasteiger partial charge on any atom is -0.465 e. The molecule has 0 atom stereocenters. The third-order valence-corrected chi connectivity index (χ3v) is 4.59. The van der Waals surface area contributed by atoms with E-state index in [1.165, 1.54) is 12.7 Å². The molecular formula is C21H23N3O3. The van der Waals surface area contributed by atoms with Crippen molar-refractivity contribution < 1.29 is 14.3 Å². The summed E-state index contributed by atoms with van der Waals surface area (Å²) < 4.78 is 4.67. The average molecular weight is 365 g/mol. The predicted molar refractivity (Wildman–Crippen MR) is 103 cm³/mol. The molecule has 0 spiro atoms. The number of nitrogens with zero attached hydrogens (tertiary/aromatic N) is 3. The minimum atomic E-state index is -0.369. The first-order valence-electron chi connectivity index (χ1n) is 8.92. The van der Waals surface area contributed by atoms with Crippen LogP contribution >= 0.6 is 0 Å². The molecule has 0 bridgehead atoms. The Morgan fingerprint density at radius 2 is 1.70 bits per heavy atom. The number of benzene rings is 1. The summed E-state index contributed by atoms with van der Waals surface area (Å²) in [6.07, 6.45) is 6.97. The van der Waals surface area contributed by atoms with Crippen LogP contribution in [0.15, 0.2) is 54.9 Å². The molecule has 0 aliphatic carbocycles. The zero-order valence-electron chi connectivity index (χ0n) is 15.4. The number of pyridine rings is 1. The van der Waals surface area contributed by atoms with Crippen molar-refractivity contribution in [2.24, 2.45) is 0 Å². The number of carbonyl (C=O) groups is 2. The molecule has 0 unspecified atom stereocenters. The first-order chi connectivity index (χ1) is 13.2. The maximum atomic E-state index is 12.4. The molecule has 27 heavy (non-hydrogen) atoms. The van der Waals surface area contributed by atoms with Crippen molar-refractivity contribution in [1.29, 1.82) is 0 Å². The third kappa shape index (κ3) is 5.24. The van der Waals surface area contributed by atoms with Gasteiger partial charge in [-0.15, -0.1) is 0 Å². The molecule has 140 valence electrons. The maximum Gasteiger partial charge on any atom is 0.337 e. The molecule has 6 nitrogen and oxygen atoms in total. The summed E-state index contributed by atoms with van der Waals surface area (Å²) in [5, 5.41) is 0. The zero-order chi connectivity index (χ0) is 19.1. The van der Waals surface area contributed by atoms with Crippen molar-refractivity contribution in [2.45, 2.75) is 6.54 Å². The number of piperazine rings is 1. The van der Waals surface area contributed by atoms with Crippen LogP contribution < -0.4 is 0 Å². The smallest absolute Gasteiger partial charge is 0.337 e. The molecule has 0 N–H and O–H groups in total. The summed E-state index contributed by atoms with van der Waals surface area (Å²) >= 11 is 0. The number of rotatable bonds is 5. The van der Waals surface area contributed by atoms with Gasteiger partial charge in [0.15, 0.2) is 0 Å². The highest BCUT2D eigenvalue weighted by Crippen LogP contribution is 2.10. The first kappa shape index (κ1) is 18.8. The van der Waals surface area contributed by atoms with E-state index in [4.69, 9.17) is 0 Å². The Hall–Kier alpha value is -2.99. The van der Waals surface area contributed by atoms with Gasteiger partial charge >= 0.3 is 5.97 Å². The molecule has 1 aromatic heterocycles. The molecule has 1 aromatic carbocycles. The Bertz CT molecular complexity index is 795. The number of hydrogen-bond acceptors (Lipinski definition) is 5. The maximum absolute atomic E-state index is 12.4. The van der Waals surface area contributed by atoms with Gasteiger partial charge in [-0.25, -0.2) is 4.79 Å². The Balaban J connectivity index is 1.49. The fraction of sp³-hybridized carbons (Fsp3) is 0.286. The van der Waals surface area contributed by atoms with Gasteiger partial charge < -0.3 is 9.64 Å². The molecule has 1 amide bonds. The average Bonchev–Trinajstić information content (AvgIpc) is 2.73. The Kier molecular flexibility index (Phi) is 6.33. The first-order valence-corrected chi connectivity index (χ1v) is 8.92. The molecule has 1 aliphatic heterocycles. The van der Waals surface area contributed by atoms with E-state index in [9.17, 15) is 9.59 Å². The van der Waals surface area contributed by atoms with Crippen LogP contribution in [0, 0.1) is 0 Å². The molecule has 1 fully saturated rings. The minimum absolute atomic E-state index is 0.00982. The predicted octanol–water partition coefficient (Wildman–Crippen LogP) is 2.23. The van der Waals surface area contributed by atoms with Gasteiger partial charge in [-0.2, -0.15) is 0 Å². The Morgan fingerprint density at radius 1 is 1.04 bits per heavy atom. The van der Waals surface area contributed by atoms with Gasteiger partial charge in [-0.3, -0.25) is 14.7 Å². The van der Waals surface area contributed by atoms with Gasteiger partial charge in [0.25, 0.3) is 0 Å². The van der Waals surface area contributed by atoms with E-state index in [0.29, 0.717) is 5.56 Å². The van der Waals surface area contributed by atoms with E-state index in [1.807, 2.05) is 17.0 Å². The second-order valence-electron chi connectivity index (χ2n) is 6.40. The zero-order valence-corrected chi connectivity index (χ0v) is 15.4. The molecule has 3 rings (SSSR count). The largest absolute Gasteiger partial charge is 0.465 e. The number of carbonyl (C=O) groups excluding carboxylic acids is 2. The lowest BCUT2D eigenvalue weighted by molar-refractivity contribution is -0.127. The number of hydrogen-bond donors (Lipinski definition) is 0. The van der Waals surface area contributed by atoms with Crippen LogP contribution in [0.1, 0.15) is 21.5 Å². The fourth-order valence-electron chi connectivity index (χ4n) is 2.99. The van der Waals surface area contributed by atoms with Gasteiger partial charge in [0, 0.05) is 51.2 Å². The highest BCUT2D eigenvalue weighted by atomic mass is 16.5. The SMILES string of the molecule is COC(=O)c1ccc(/C=C/C(=O)N2CCN(Cc3ccncc3)CC2)cc1. The second kappa shape index (κ2) is 9.09. The Morgan fingerprint density at radius 3 is 2.33 bits per heavy atom. The van der Waals surface area contributed by atoms with Gasteiger partial charge in [0.2, 0.25) is 5.91 Å². The van der Waals surface area contributed by atoms with Crippen molar-refractivity contribution in [3.8, 4) is 0 Å². The van der Waals surface area contributed by atoms with E-state index < -0.39 is 0 Å². The molecule has 1 saturated heterocycles. The van der Waals surface area contributed by atoms with Gasteiger partial charge in [0.05, 0.1) is 12.7 Å². The monoisotopic (exact) mass is 365 g/mol. The molecule has 2 heterocycles. The van der Waals surface area contributed by atoms with Gasteiger partial charge in [-0.1, -0.05) is 12.1 Å². The molecule has 6 heteroatoms. The van der Waals surface area contributed by atoms with Gasteiger partial charge in [0.1, 0.15) is 0 Å². The molecule has 0 saturated carbocycles. The summed E-state index contributed by atoms with van der Waals surface area (Å²) in [4.78, 5) is 32.1. The molecule has 1 aliphatic rings. The van der Waals surface area contributed by atoms with Crippen molar-refractivity contribution in [3.63, 3.8) is 0 Å². The number of esters is 1. The van der Waals surface area contributed by atoms with Crippen LogP contribution in [0.25, 0.3) is 6.08 Å². The quantitative estimate of drug-likeness (QED) is 0.601. The third-order valence-electron chi connectivity index (χ3n) is 4.59. The van der Waals surface area contributed by atoms with E-state index in [2.05, 4.69) is 14.6 Å². The van der Waals surface area contributed by atoms with E-state index in [0.717, 1.165) is 38.3 Å². The topological polar surface area (TPSA) is 62.7 Å². The lowest BCUT2D eigenvalue weighted by atomic mass is 10.1. The number of amides is 1. The number of ether oxygens (including phenoxy) is 1. The molecule has 2 aromatic rings. The van der Waals surface area contributed by atoms with Gasteiger partial charge in [-0.05, 0) is 41.5 Å². The Labute approximate surface area is 159 Å². The second-order valence-corrected chi connectivity index (χ2v) is 6.40. The summed E-state index contributed by atoms with van der Waals surface area (Å²) in [5.74, 6) is -0.359. The van der Waals surface area contributed by atoms with Crippen molar-refractivity contribution in [3.05, 3.63) is 71.6 Å². The lowest BCUT2D eigenvalue weighted by Crippen LogP contribution is -2.47. The lowest BCUT2D eigenvalue weighted by Gasteiger charge is -2.34. The summed E-state index contributed by atoms with van der Waals surface area (Å²) in [6.45, 7) is 4.03. The van der Waals surface area contributed by atoms with Crippen LogP contribution in [0.4, 0.5) is 0 Å². The number of methoxy groups -OCH3 is 1. The van der Waals surface area contributed by atoms with Crippen molar-refractivity contribution in [1.82, 2.24) is 14.8 Å². The van der Waals surface area contributed by atoms with E-state index >= 15 is 0 Å². The van der Waals surface area contributed by atoms with E-state index in [1.54, 1.807) is 48.8 Å². The number of aromatic nitrogens is 1. The van der Waals surface area contributed by atoms with Crippen LogP contribution in [0.3, 0.4) is 0 Å². The highest BCUT2D eigenvalue weighted by Gasteiger charge is 2.19. The summed E-state index contributed by atoms with van der Waals surface area (Å²) in [7, 11) is 1.35. The van der Waals surface area contributed by atoms with Crippen molar-refractivity contribution in [2.75, 3.05) is 33.3 Å². The molecule has 0 radical (unpaired) electrons. The van der Waals surface area contributed by atoms with Crippen LogP contribution in [0.5, 0.6) is 0 Å². The van der Waals surface area contributed by atoms with Crippen LogP contribution in [0.2, 0.25) is 0 Å². The highest BCUT2D eigenvalue weighted by molar-refractivity contribution is 5.92. The van der Waals surface area contributed by atoms with E-state index in [-0.39, 0.29) is 11.9 Å². The van der Waals surface area contributed by atoms with Crippen LogP contribution in [-0.4, -0.2) is 59.9 Å². The van der Waals surface area contributed by atoms with Crippen LogP contribution in [-0.2, 0) is 16.1 Å². The summed E-state index contributed by atoms with van der Waals surface area (Å²) in [5.41, 5.74) is 2.60. The standard InChI is InChI=1S/C21H23N3O3/c1-27-21(26)19-5-2-17(3-6-19)4-7-20(25)24-14-12-23(13-15-24)16-18-8-10-22-11-9-18/h2-11H,12-16H2,1H3/b7-4+. The summed E-state index contributed by atoms with van der Waals surface area (Å²) in [6, 6.07) is 11.0. The molecular weight excluding hydrogens is 342 g/mol. The fourth-order valence-corrected chi connectivity index (χ4v) is 2.99. The van der Waals surface area contributed by atoms with Crippen molar-refractivity contribution >= 4 is 18.0 Å². The normalized spacial score (nSPS) is 15.1.